The maximum absolute atomic E-state index is 10.7. The lowest BCUT2D eigenvalue weighted by Gasteiger charge is -2.28. The number of pyridine rings is 1. The number of benzene rings is 1. The van der Waals surface area contributed by atoms with Crippen molar-refractivity contribution >= 4 is 22.3 Å². The number of hydrogen-bond donors (Lipinski definition) is 1. The van der Waals surface area contributed by atoms with Gasteiger partial charge < -0.3 is 14.9 Å². The Kier molecular flexibility index (Phi) is 5.11. The molecule has 0 saturated carbocycles. The first-order valence-corrected chi connectivity index (χ1v) is 8.20. The van der Waals surface area contributed by atoms with Crippen molar-refractivity contribution in [1.82, 2.24) is 4.98 Å². The largest absolute Gasteiger partial charge is 0.504 e. The van der Waals surface area contributed by atoms with Gasteiger partial charge in [0.15, 0.2) is 5.75 Å². The summed E-state index contributed by atoms with van der Waals surface area (Å²) in [6.45, 7) is 14.1. The van der Waals surface area contributed by atoms with E-state index in [0.717, 1.165) is 48.6 Å². The number of anilines is 2. The lowest BCUT2D eigenvalue weighted by Crippen LogP contribution is -2.25. The Morgan fingerprint density at radius 3 is 2.00 bits per heavy atom. The van der Waals surface area contributed by atoms with Gasteiger partial charge in [0.25, 0.3) is 0 Å². The number of aryl methyl sites for hydroxylation is 1. The summed E-state index contributed by atoms with van der Waals surface area (Å²) in [5.74, 6) is 0.290. The molecule has 2 rings (SSSR count). The van der Waals surface area contributed by atoms with Gasteiger partial charge in [-0.05, 0) is 52.8 Å². The zero-order chi connectivity index (χ0) is 16.3. The van der Waals surface area contributed by atoms with Crippen LogP contribution in [-0.2, 0) is 0 Å². The second-order valence-corrected chi connectivity index (χ2v) is 5.46. The SMILES string of the molecule is CCN(CC)c1cc(N(CC)CC)c2ccc(C)nc2c1O. The van der Waals surface area contributed by atoms with Crippen molar-refractivity contribution in [3.05, 3.63) is 23.9 Å². The molecule has 4 heteroatoms. The lowest BCUT2D eigenvalue weighted by atomic mass is 10.1. The Morgan fingerprint density at radius 1 is 0.909 bits per heavy atom. The molecule has 22 heavy (non-hydrogen) atoms. The molecule has 0 amide bonds. The average Bonchev–Trinajstić information content (AvgIpc) is 2.53. The van der Waals surface area contributed by atoms with Gasteiger partial charge in [0.1, 0.15) is 5.52 Å². The molecule has 0 atom stereocenters. The molecular weight excluding hydrogens is 274 g/mol. The molecule has 1 aromatic heterocycles. The van der Waals surface area contributed by atoms with E-state index in [1.165, 1.54) is 0 Å². The van der Waals surface area contributed by atoms with Gasteiger partial charge in [-0.15, -0.1) is 0 Å². The molecule has 0 aliphatic rings. The number of fused-ring (bicyclic) bond motifs is 1. The molecule has 0 aliphatic carbocycles. The molecule has 0 radical (unpaired) electrons. The van der Waals surface area contributed by atoms with Crippen molar-refractivity contribution < 1.29 is 5.11 Å². The molecule has 0 spiro atoms. The maximum atomic E-state index is 10.7. The highest BCUT2D eigenvalue weighted by molar-refractivity contribution is 6.00. The number of phenols is 1. The van der Waals surface area contributed by atoms with E-state index in [0.29, 0.717) is 11.3 Å². The molecule has 2 aromatic rings. The van der Waals surface area contributed by atoms with Gasteiger partial charge in [0.2, 0.25) is 0 Å². The molecule has 120 valence electrons. The molecule has 4 nitrogen and oxygen atoms in total. The molecule has 1 aromatic carbocycles. The third kappa shape index (κ3) is 2.82. The Morgan fingerprint density at radius 2 is 1.45 bits per heavy atom. The highest BCUT2D eigenvalue weighted by Gasteiger charge is 2.18. The van der Waals surface area contributed by atoms with Crippen molar-refractivity contribution in [1.29, 1.82) is 0 Å². The molecule has 1 N–H and O–H groups in total. The van der Waals surface area contributed by atoms with Crippen molar-refractivity contribution in [2.24, 2.45) is 0 Å². The highest BCUT2D eigenvalue weighted by atomic mass is 16.3. The third-order valence-corrected chi connectivity index (χ3v) is 4.26. The van der Waals surface area contributed by atoms with E-state index < -0.39 is 0 Å². The molecule has 0 aliphatic heterocycles. The fraction of sp³-hybridized carbons (Fsp3) is 0.500. The van der Waals surface area contributed by atoms with Crippen LogP contribution in [0.2, 0.25) is 0 Å². The molecule has 0 saturated heterocycles. The van der Waals surface area contributed by atoms with Crippen LogP contribution in [0.4, 0.5) is 11.4 Å². The van der Waals surface area contributed by atoms with Gasteiger partial charge in [-0.2, -0.15) is 0 Å². The monoisotopic (exact) mass is 301 g/mol. The number of nitrogens with zero attached hydrogens (tertiary/aromatic N) is 3. The third-order valence-electron chi connectivity index (χ3n) is 4.26. The van der Waals surface area contributed by atoms with Gasteiger partial charge in [0.05, 0.1) is 5.69 Å². The first-order chi connectivity index (χ1) is 10.6. The van der Waals surface area contributed by atoms with E-state index in [4.69, 9.17) is 0 Å². The van der Waals surface area contributed by atoms with Crippen molar-refractivity contribution in [3.63, 3.8) is 0 Å². The van der Waals surface area contributed by atoms with Crippen LogP contribution in [0.15, 0.2) is 18.2 Å². The number of rotatable bonds is 6. The minimum Gasteiger partial charge on any atom is -0.504 e. The number of hydrogen-bond acceptors (Lipinski definition) is 4. The van der Waals surface area contributed by atoms with Gasteiger partial charge >= 0.3 is 0 Å². The van der Waals surface area contributed by atoms with Crippen LogP contribution >= 0.6 is 0 Å². The summed E-state index contributed by atoms with van der Waals surface area (Å²) in [5, 5.41) is 11.8. The van der Waals surface area contributed by atoms with Gasteiger partial charge in [-0.25, -0.2) is 4.98 Å². The standard InChI is InChI=1S/C18H27N3O/c1-6-20(7-2)15-12-16(21(8-3)9-4)18(22)17-14(15)11-10-13(5)19-17/h10-12,22H,6-9H2,1-5H3. The zero-order valence-electron chi connectivity index (χ0n) is 14.3. The summed E-state index contributed by atoms with van der Waals surface area (Å²) in [7, 11) is 0. The summed E-state index contributed by atoms with van der Waals surface area (Å²) >= 11 is 0. The Balaban J connectivity index is 2.79. The van der Waals surface area contributed by atoms with Crippen molar-refractivity contribution in [3.8, 4) is 5.75 Å². The van der Waals surface area contributed by atoms with Crippen molar-refractivity contribution in [2.45, 2.75) is 34.6 Å². The van der Waals surface area contributed by atoms with E-state index in [1.54, 1.807) is 0 Å². The second kappa shape index (κ2) is 6.86. The molecule has 0 fully saturated rings. The zero-order valence-corrected chi connectivity index (χ0v) is 14.3. The number of phenolic OH excluding ortho intramolecular Hbond substituents is 1. The Bertz CT molecular complexity index is 646. The van der Waals surface area contributed by atoms with Crippen molar-refractivity contribution in [2.75, 3.05) is 36.0 Å². The summed E-state index contributed by atoms with van der Waals surface area (Å²) < 4.78 is 0. The fourth-order valence-electron chi connectivity index (χ4n) is 2.97. The highest BCUT2D eigenvalue weighted by Crippen LogP contribution is 2.40. The van der Waals surface area contributed by atoms with Crippen LogP contribution in [-0.4, -0.2) is 36.3 Å². The summed E-state index contributed by atoms with van der Waals surface area (Å²) in [6, 6.07) is 6.18. The van der Waals surface area contributed by atoms with Gasteiger partial charge in [-0.3, -0.25) is 0 Å². The second-order valence-electron chi connectivity index (χ2n) is 5.46. The normalized spacial score (nSPS) is 11.0. The predicted octanol–water partition coefficient (Wildman–Crippen LogP) is 3.94. The maximum Gasteiger partial charge on any atom is 0.165 e. The fourth-order valence-corrected chi connectivity index (χ4v) is 2.97. The van der Waals surface area contributed by atoms with Gasteiger partial charge in [-0.1, -0.05) is 0 Å². The van der Waals surface area contributed by atoms with Gasteiger partial charge in [0, 0.05) is 42.9 Å². The minimum atomic E-state index is 0.290. The average molecular weight is 301 g/mol. The van der Waals surface area contributed by atoms with E-state index >= 15 is 0 Å². The number of aromatic hydroxyl groups is 1. The van der Waals surface area contributed by atoms with Crippen LogP contribution in [0.1, 0.15) is 33.4 Å². The first kappa shape index (κ1) is 16.4. The Hall–Kier alpha value is -1.97. The smallest absolute Gasteiger partial charge is 0.165 e. The molecule has 0 bridgehead atoms. The quantitative estimate of drug-likeness (QED) is 0.877. The Labute approximate surface area is 133 Å². The molecule has 1 heterocycles. The van der Waals surface area contributed by atoms with Crippen LogP contribution in [0.25, 0.3) is 10.9 Å². The minimum absolute atomic E-state index is 0.290. The topological polar surface area (TPSA) is 39.6 Å². The summed E-state index contributed by atoms with van der Waals surface area (Å²) in [4.78, 5) is 9.08. The van der Waals surface area contributed by atoms with E-state index in [1.807, 2.05) is 13.0 Å². The van der Waals surface area contributed by atoms with Crippen LogP contribution < -0.4 is 9.80 Å². The van der Waals surface area contributed by atoms with Crippen LogP contribution in [0.3, 0.4) is 0 Å². The summed E-state index contributed by atoms with van der Waals surface area (Å²) in [5.41, 5.74) is 3.64. The van der Waals surface area contributed by atoms with E-state index in [9.17, 15) is 5.11 Å². The first-order valence-electron chi connectivity index (χ1n) is 8.20. The lowest BCUT2D eigenvalue weighted by molar-refractivity contribution is 0.479. The van der Waals surface area contributed by atoms with Crippen LogP contribution in [0.5, 0.6) is 5.75 Å². The molecule has 0 unspecified atom stereocenters. The van der Waals surface area contributed by atoms with Crippen LogP contribution in [0, 0.1) is 6.92 Å². The van der Waals surface area contributed by atoms with E-state index in [2.05, 4.69) is 54.6 Å². The predicted molar refractivity (Wildman–Crippen MR) is 95.3 cm³/mol. The number of aromatic nitrogens is 1. The summed E-state index contributed by atoms with van der Waals surface area (Å²) in [6.07, 6.45) is 0. The van der Waals surface area contributed by atoms with E-state index in [-0.39, 0.29) is 0 Å². The molecular formula is C18H27N3O.